The van der Waals surface area contributed by atoms with Crippen LogP contribution in [0, 0.1) is 6.92 Å². The van der Waals surface area contributed by atoms with Crippen LogP contribution < -0.4 is 9.47 Å². The Labute approximate surface area is 159 Å². The van der Waals surface area contributed by atoms with Gasteiger partial charge in [-0.25, -0.2) is 0 Å². The summed E-state index contributed by atoms with van der Waals surface area (Å²) in [4.78, 5) is 0. The summed E-state index contributed by atoms with van der Waals surface area (Å²) in [5.41, 5.74) is 5.74. The molecule has 5 heteroatoms. The molecule has 1 N–H and O–H groups in total. The summed E-state index contributed by atoms with van der Waals surface area (Å²) in [5.74, 6) is 1.40. The highest BCUT2D eigenvalue weighted by atomic mass is 16.7. The van der Waals surface area contributed by atoms with E-state index in [1.165, 1.54) is 11.1 Å². The van der Waals surface area contributed by atoms with Crippen molar-refractivity contribution in [3.8, 4) is 22.8 Å². The summed E-state index contributed by atoms with van der Waals surface area (Å²) in [6.07, 6.45) is 4.44. The van der Waals surface area contributed by atoms with E-state index >= 15 is 0 Å². The number of benzene rings is 2. The molecule has 1 aliphatic rings. The first-order valence-electron chi connectivity index (χ1n) is 9.28. The second kappa shape index (κ2) is 7.84. The molecular formula is C22H24N2O3. The van der Waals surface area contributed by atoms with E-state index in [1.54, 1.807) is 7.11 Å². The van der Waals surface area contributed by atoms with Crippen molar-refractivity contribution in [1.29, 1.82) is 0 Å². The average Bonchev–Trinajstić information content (AvgIpc) is 3.35. The molecule has 4 rings (SSSR count). The van der Waals surface area contributed by atoms with Gasteiger partial charge in [0.1, 0.15) is 0 Å². The van der Waals surface area contributed by atoms with E-state index < -0.39 is 0 Å². The van der Waals surface area contributed by atoms with Gasteiger partial charge in [0.25, 0.3) is 0 Å². The molecule has 0 saturated carbocycles. The molecule has 1 aliphatic heterocycles. The van der Waals surface area contributed by atoms with Crippen molar-refractivity contribution in [3.63, 3.8) is 0 Å². The molecule has 140 valence electrons. The highest BCUT2D eigenvalue weighted by Crippen LogP contribution is 2.35. The second-order valence-corrected chi connectivity index (χ2v) is 6.80. The highest BCUT2D eigenvalue weighted by Gasteiger charge is 2.20. The average molecular weight is 364 g/mol. The zero-order valence-electron chi connectivity index (χ0n) is 15.7. The summed E-state index contributed by atoms with van der Waals surface area (Å²) in [6.45, 7) is 2.88. The number of nitrogens with one attached hydrogen (secondary N) is 1. The van der Waals surface area contributed by atoms with Crippen LogP contribution in [0.4, 0.5) is 0 Å². The summed E-state index contributed by atoms with van der Waals surface area (Å²) in [5, 5.41) is 7.42. The molecule has 0 radical (unpaired) electrons. The Hall–Kier alpha value is -2.79. The lowest BCUT2D eigenvalue weighted by Gasteiger charge is -2.16. The number of aromatic nitrogens is 2. The summed E-state index contributed by atoms with van der Waals surface area (Å²) < 4.78 is 17.1. The number of hydrogen-bond acceptors (Lipinski definition) is 4. The number of hydrogen-bond donors (Lipinski definition) is 1. The van der Waals surface area contributed by atoms with Crippen molar-refractivity contribution in [1.82, 2.24) is 10.2 Å². The Morgan fingerprint density at radius 1 is 1.15 bits per heavy atom. The lowest BCUT2D eigenvalue weighted by atomic mass is 9.98. The van der Waals surface area contributed by atoms with Crippen LogP contribution >= 0.6 is 0 Å². The monoisotopic (exact) mass is 364 g/mol. The van der Waals surface area contributed by atoms with Gasteiger partial charge < -0.3 is 14.2 Å². The van der Waals surface area contributed by atoms with Gasteiger partial charge in [-0.1, -0.05) is 24.3 Å². The number of H-pyrrole nitrogens is 1. The number of aromatic amines is 1. The minimum absolute atomic E-state index is 0.206. The Morgan fingerprint density at radius 2 is 2.04 bits per heavy atom. The van der Waals surface area contributed by atoms with Crippen LogP contribution in [0.15, 0.2) is 48.7 Å². The maximum Gasteiger partial charge on any atom is 0.200 e. The summed E-state index contributed by atoms with van der Waals surface area (Å²) in [6, 6.07) is 14.4. The quantitative estimate of drug-likeness (QED) is 0.700. The second-order valence-electron chi connectivity index (χ2n) is 6.80. The molecule has 5 nitrogen and oxygen atoms in total. The number of methoxy groups -OCH3 is 1. The van der Waals surface area contributed by atoms with Crippen molar-refractivity contribution < 1.29 is 14.2 Å². The van der Waals surface area contributed by atoms with Gasteiger partial charge in [0.15, 0.2) is 17.8 Å². The molecule has 0 amide bonds. The molecular weight excluding hydrogens is 340 g/mol. The van der Waals surface area contributed by atoms with Crippen molar-refractivity contribution in [2.24, 2.45) is 0 Å². The highest BCUT2D eigenvalue weighted by molar-refractivity contribution is 5.67. The van der Waals surface area contributed by atoms with Crippen LogP contribution in [-0.2, 0) is 11.2 Å². The van der Waals surface area contributed by atoms with Gasteiger partial charge >= 0.3 is 0 Å². The van der Waals surface area contributed by atoms with Gasteiger partial charge in [0.2, 0.25) is 0 Å². The molecule has 0 bridgehead atoms. The van der Waals surface area contributed by atoms with E-state index in [4.69, 9.17) is 14.2 Å². The van der Waals surface area contributed by atoms with Crippen LogP contribution in [-0.4, -0.2) is 30.2 Å². The molecule has 1 aromatic heterocycles. The Bertz CT molecular complexity index is 913. The molecule has 3 aromatic rings. The number of nitrogens with zero attached hydrogens (tertiary/aromatic N) is 1. The summed E-state index contributed by atoms with van der Waals surface area (Å²) in [7, 11) is 1.65. The molecule has 1 fully saturated rings. The fraction of sp³-hybridized carbons (Fsp3) is 0.318. The van der Waals surface area contributed by atoms with E-state index in [9.17, 15) is 0 Å². The maximum atomic E-state index is 6.03. The first kappa shape index (κ1) is 17.6. The van der Waals surface area contributed by atoms with E-state index in [2.05, 4.69) is 41.4 Å². The van der Waals surface area contributed by atoms with Gasteiger partial charge in [-0.05, 0) is 42.7 Å². The van der Waals surface area contributed by atoms with Crippen LogP contribution in [0.3, 0.4) is 0 Å². The Kier molecular flexibility index (Phi) is 5.12. The third-order valence-corrected chi connectivity index (χ3v) is 4.96. The van der Waals surface area contributed by atoms with Crippen molar-refractivity contribution >= 4 is 0 Å². The number of aryl methyl sites for hydroxylation is 1. The minimum Gasteiger partial charge on any atom is -0.493 e. The van der Waals surface area contributed by atoms with E-state index in [0.29, 0.717) is 11.5 Å². The lowest BCUT2D eigenvalue weighted by molar-refractivity contribution is -0.0402. The predicted molar refractivity (Wildman–Crippen MR) is 104 cm³/mol. The maximum absolute atomic E-state index is 6.03. The number of ether oxygens (including phenoxy) is 3. The van der Waals surface area contributed by atoms with Crippen molar-refractivity contribution in [3.05, 3.63) is 65.4 Å². The first-order chi connectivity index (χ1) is 13.2. The fourth-order valence-electron chi connectivity index (χ4n) is 3.42. The lowest BCUT2D eigenvalue weighted by Crippen LogP contribution is -2.14. The van der Waals surface area contributed by atoms with E-state index in [0.717, 1.165) is 42.7 Å². The topological polar surface area (TPSA) is 56.4 Å². The zero-order chi connectivity index (χ0) is 18.6. The molecule has 0 aliphatic carbocycles. The standard InChI is InChI=1S/C22H24N2O3/c1-15-6-3-4-7-16(15)12-18-14-23-24-22(18)17-9-10-19(25-2)20(13-17)27-21-8-5-11-26-21/h3-4,6-7,9-10,13-14,21H,5,8,11-12H2,1-2H3,(H,23,24). The fourth-order valence-corrected chi connectivity index (χ4v) is 3.42. The van der Waals surface area contributed by atoms with Crippen LogP contribution in [0.5, 0.6) is 11.5 Å². The minimum atomic E-state index is -0.206. The number of rotatable bonds is 6. The largest absolute Gasteiger partial charge is 0.493 e. The Balaban J connectivity index is 1.64. The van der Waals surface area contributed by atoms with Crippen LogP contribution in [0.25, 0.3) is 11.3 Å². The molecule has 1 atom stereocenters. The van der Waals surface area contributed by atoms with Gasteiger partial charge in [-0.15, -0.1) is 0 Å². The molecule has 1 unspecified atom stereocenters. The van der Waals surface area contributed by atoms with E-state index in [1.807, 2.05) is 24.4 Å². The Morgan fingerprint density at radius 3 is 2.81 bits per heavy atom. The van der Waals surface area contributed by atoms with Crippen LogP contribution in [0.2, 0.25) is 0 Å². The molecule has 27 heavy (non-hydrogen) atoms. The van der Waals surface area contributed by atoms with Gasteiger partial charge in [-0.2, -0.15) is 5.10 Å². The van der Waals surface area contributed by atoms with Gasteiger partial charge in [0.05, 0.1) is 25.6 Å². The smallest absolute Gasteiger partial charge is 0.200 e. The first-order valence-corrected chi connectivity index (χ1v) is 9.28. The van der Waals surface area contributed by atoms with Gasteiger partial charge in [-0.3, -0.25) is 5.10 Å². The molecule has 0 spiro atoms. The zero-order valence-corrected chi connectivity index (χ0v) is 15.7. The van der Waals surface area contributed by atoms with Gasteiger partial charge in [0, 0.05) is 24.0 Å². The third-order valence-electron chi connectivity index (χ3n) is 4.96. The van der Waals surface area contributed by atoms with Crippen LogP contribution in [0.1, 0.15) is 29.5 Å². The molecule has 1 saturated heterocycles. The van der Waals surface area contributed by atoms with E-state index in [-0.39, 0.29) is 6.29 Å². The molecule has 2 heterocycles. The molecule has 2 aromatic carbocycles. The third kappa shape index (κ3) is 3.83. The predicted octanol–water partition coefficient (Wildman–Crippen LogP) is 4.50. The van der Waals surface area contributed by atoms with Crippen molar-refractivity contribution in [2.45, 2.75) is 32.5 Å². The normalized spacial score (nSPS) is 16.4. The van der Waals surface area contributed by atoms with Crippen molar-refractivity contribution in [2.75, 3.05) is 13.7 Å². The SMILES string of the molecule is COc1ccc(-c2[nH]ncc2Cc2ccccc2C)cc1OC1CCCO1. The summed E-state index contributed by atoms with van der Waals surface area (Å²) >= 11 is 0.